The lowest BCUT2D eigenvalue weighted by molar-refractivity contribution is 0.0747. The highest BCUT2D eigenvalue weighted by atomic mass is 32.1. The molecule has 7 heteroatoms. The Balaban J connectivity index is 1.30. The van der Waals surface area contributed by atoms with Gasteiger partial charge >= 0.3 is 0 Å². The average molecular weight is 391 g/mol. The second kappa shape index (κ2) is 8.50. The molecule has 0 N–H and O–H groups in total. The second-order valence-corrected chi connectivity index (χ2v) is 8.72. The van der Waals surface area contributed by atoms with Gasteiger partial charge in [-0.05, 0) is 37.4 Å². The van der Waals surface area contributed by atoms with Crippen LogP contribution in [0.1, 0.15) is 41.7 Å². The Labute approximate surface area is 163 Å². The van der Waals surface area contributed by atoms with E-state index in [1.165, 1.54) is 44.5 Å². The van der Waals surface area contributed by atoms with E-state index in [0.29, 0.717) is 0 Å². The van der Waals surface area contributed by atoms with E-state index in [4.69, 9.17) is 4.98 Å². The van der Waals surface area contributed by atoms with Crippen molar-refractivity contribution in [3.63, 3.8) is 0 Å². The van der Waals surface area contributed by atoms with Crippen molar-refractivity contribution >= 4 is 33.7 Å². The van der Waals surface area contributed by atoms with Crippen LogP contribution in [0.15, 0.2) is 22.2 Å². The van der Waals surface area contributed by atoms with Crippen molar-refractivity contribution < 1.29 is 4.79 Å². The zero-order chi connectivity index (χ0) is 17.8. The molecule has 0 unspecified atom stereocenters. The Bertz CT molecular complexity index is 699. The van der Waals surface area contributed by atoms with E-state index in [9.17, 15) is 4.79 Å². The Morgan fingerprint density at radius 3 is 2.46 bits per heavy atom. The van der Waals surface area contributed by atoms with Gasteiger partial charge in [-0.2, -0.15) is 11.3 Å². The van der Waals surface area contributed by atoms with E-state index in [1.54, 1.807) is 22.7 Å². The third kappa shape index (κ3) is 4.27. The molecule has 1 amide bonds. The Kier molecular flexibility index (Phi) is 5.87. The predicted octanol–water partition coefficient (Wildman–Crippen LogP) is 3.54. The fourth-order valence-electron chi connectivity index (χ4n) is 3.71. The largest absolute Gasteiger partial charge is 0.345 e. The summed E-state index contributed by atoms with van der Waals surface area (Å²) < 4.78 is 0. The predicted molar refractivity (Wildman–Crippen MR) is 108 cm³/mol. The van der Waals surface area contributed by atoms with Crippen molar-refractivity contribution in [2.75, 3.05) is 44.2 Å². The molecule has 0 saturated carbocycles. The first-order valence-electron chi connectivity index (χ1n) is 9.53. The van der Waals surface area contributed by atoms with Crippen LogP contribution in [0.5, 0.6) is 0 Å². The molecule has 2 aliphatic heterocycles. The number of thiophene rings is 1. The highest BCUT2D eigenvalue weighted by Crippen LogP contribution is 2.24. The smallest absolute Gasteiger partial charge is 0.254 e. The summed E-state index contributed by atoms with van der Waals surface area (Å²) in [6.07, 6.45) is 5.37. The molecule has 0 spiro atoms. The summed E-state index contributed by atoms with van der Waals surface area (Å²) in [4.78, 5) is 24.2. The number of carbonyl (C=O) groups is 1. The minimum atomic E-state index is 0.159. The topological polar surface area (TPSA) is 39.7 Å². The maximum atomic E-state index is 12.5. The number of nitrogens with zero attached hydrogens (tertiary/aromatic N) is 4. The fraction of sp³-hybridized carbons (Fsp3) is 0.579. The first-order chi connectivity index (χ1) is 12.8. The minimum absolute atomic E-state index is 0.159. The lowest BCUT2D eigenvalue weighted by Gasteiger charge is -2.34. The fourth-order valence-corrected chi connectivity index (χ4v) is 5.21. The van der Waals surface area contributed by atoms with E-state index in [2.05, 4.69) is 15.2 Å². The van der Waals surface area contributed by atoms with Gasteiger partial charge in [-0.1, -0.05) is 12.8 Å². The molecular weight excluding hydrogens is 364 g/mol. The standard InChI is InChI=1S/C19H26N4OS2/c24-18(16-5-12-25-14-16)22-8-10-23(11-9-22)19-20-17(15-26-19)13-21-6-3-1-2-4-7-21/h5,12,14-15H,1-4,6-11,13H2. The van der Waals surface area contributed by atoms with Crippen molar-refractivity contribution in [2.24, 2.45) is 0 Å². The number of piperazine rings is 1. The number of thiazole rings is 1. The van der Waals surface area contributed by atoms with Crippen LogP contribution in [0, 0.1) is 0 Å². The number of likely N-dealkylation sites (tertiary alicyclic amines) is 1. The zero-order valence-electron chi connectivity index (χ0n) is 15.1. The van der Waals surface area contributed by atoms with Crippen LogP contribution in [0.25, 0.3) is 0 Å². The lowest BCUT2D eigenvalue weighted by Crippen LogP contribution is -2.48. The van der Waals surface area contributed by atoms with Crippen LogP contribution in [-0.4, -0.2) is 60.0 Å². The first kappa shape index (κ1) is 17.9. The van der Waals surface area contributed by atoms with Crippen molar-refractivity contribution in [3.05, 3.63) is 33.5 Å². The van der Waals surface area contributed by atoms with Crippen LogP contribution < -0.4 is 4.90 Å². The minimum Gasteiger partial charge on any atom is -0.345 e. The third-order valence-corrected chi connectivity index (χ3v) is 6.86. The molecule has 4 heterocycles. The van der Waals surface area contributed by atoms with Gasteiger partial charge < -0.3 is 9.80 Å². The molecule has 140 valence electrons. The van der Waals surface area contributed by atoms with Gasteiger partial charge in [0.05, 0.1) is 11.3 Å². The maximum absolute atomic E-state index is 12.5. The third-order valence-electron chi connectivity index (χ3n) is 5.23. The van der Waals surface area contributed by atoms with Crippen molar-refractivity contribution in [2.45, 2.75) is 32.2 Å². The normalized spacial score (nSPS) is 19.5. The van der Waals surface area contributed by atoms with Crippen molar-refractivity contribution in [3.8, 4) is 0 Å². The summed E-state index contributed by atoms with van der Waals surface area (Å²) in [6.45, 7) is 6.67. The van der Waals surface area contributed by atoms with Crippen molar-refractivity contribution in [1.82, 2.24) is 14.8 Å². The van der Waals surface area contributed by atoms with E-state index in [0.717, 1.165) is 43.4 Å². The zero-order valence-corrected chi connectivity index (χ0v) is 16.7. The van der Waals surface area contributed by atoms with Crippen LogP contribution in [0.4, 0.5) is 5.13 Å². The quantitative estimate of drug-likeness (QED) is 0.800. The summed E-state index contributed by atoms with van der Waals surface area (Å²) in [5.74, 6) is 0.159. The number of hydrogen-bond donors (Lipinski definition) is 0. The van der Waals surface area contributed by atoms with E-state index < -0.39 is 0 Å². The summed E-state index contributed by atoms with van der Waals surface area (Å²) >= 11 is 3.32. The molecule has 0 radical (unpaired) electrons. The van der Waals surface area contributed by atoms with Gasteiger partial charge in [0.25, 0.3) is 5.91 Å². The number of anilines is 1. The highest BCUT2D eigenvalue weighted by molar-refractivity contribution is 7.13. The number of rotatable bonds is 4. The lowest BCUT2D eigenvalue weighted by atomic mass is 10.2. The molecule has 2 aliphatic rings. The molecule has 2 aromatic rings. The van der Waals surface area contributed by atoms with Gasteiger partial charge in [0.1, 0.15) is 0 Å². The number of carbonyl (C=O) groups excluding carboxylic acids is 1. The molecule has 4 rings (SSSR count). The van der Waals surface area contributed by atoms with Gasteiger partial charge in [-0.15, -0.1) is 11.3 Å². The van der Waals surface area contributed by atoms with E-state index >= 15 is 0 Å². The van der Waals surface area contributed by atoms with Crippen LogP contribution in [0.3, 0.4) is 0 Å². The summed E-state index contributed by atoms with van der Waals surface area (Å²) in [5, 5.41) is 7.22. The average Bonchev–Trinajstić information content (AvgIpc) is 3.30. The van der Waals surface area contributed by atoms with E-state index in [-0.39, 0.29) is 5.91 Å². The van der Waals surface area contributed by atoms with Gasteiger partial charge in [-0.25, -0.2) is 4.98 Å². The van der Waals surface area contributed by atoms with E-state index in [1.807, 2.05) is 21.7 Å². The first-order valence-corrected chi connectivity index (χ1v) is 11.3. The maximum Gasteiger partial charge on any atom is 0.254 e. The molecule has 5 nitrogen and oxygen atoms in total. The summed E-state index contributed by atoms with van der Waals surface area (Å²) in [6, 6.07) is 1.91. The molecular formula is C19H26N4OS2. The van der Waals surface area contributed by atoms with Crippen LogP contribution >= 0.6 is 22.7 Å². The van der Waals surface area contributed by atoms with Gasteiger partial charge in [0, 0.05) is 43.5 Å². The molecule has 26 heavy (non-hydrogen) atoms. The van der Waals surface area contributed by atoms with Crippen LogP contribution in [-0.2, 0) is 6.54 Å². The van der Waals surface area contributed by atoms with Crippen molar-refractivity contribution in [1.29, 1.82) is 0 Å². The SMILES string of the molecule is O=C(c1ccsc1)N1CCN(c2nc(CN3CCCCCC3)cs2)CC1. The molecule has 2 fully saturated rings. The van der Waals surface area contributed by atoms with Gasteiger partial charge in [0.2, 0.25) is 0 Å². The molecule has 0 bridgehead atoms. The molecule has 2 aromatic heterocycles. The summed E-state index contributed by atoms with van der Waals surface area (Å²) in [7, 11) is 0. The summed E-state index contributed by atoms with van der Waals surface area (Å²) in [5.41, 5.74) is 2.01. The molecule has 2 saturated heterocycles. The second-order valence-electron chi connectivity index (χ2n) is 7.10. The van der Waals surface area contributed by atoms with Crippen LogP contribution in [0.2, 0.25) is 0 Å². The molecule has 0 aliphatic carbocycles. The Morgan fingerprint density at radius 1 is 1.00 bits per heavy atom. The van der Waals surface area contributed by atoms with Gasteiger partial charge in [-0.3, -0.25) is 9.69 Å². The highest BCUT2D eigenvalue weighted by Gasteiger charge is 2.24. The number of hydrogen-bond acceptors (Lipinski definition) is 6. The van der Waals surface area contributed by atoms with Gasteiger partial charge in [0.15, 0.2) is 5.13 Å². The molecule has 0 aromatic carbocycles. The monoisotopic (exact) mass is 390 g/mol. The number of amides is 1. The number of aromatic nitrogens is 1. The molecule has 0 atom stereocenters. The Hall–Kier alpha value is -1.44. The Morgan fingerprint density at radius 2 is 1.77 bits per heavy atom.